The normalized spacial score (nSPS) is 25.8. The van der Waals surface area contributed by atoms with E-state index in [-0.39, 0.29) is 5.54 Å². The van der Waals surface area contributed by atoms with Crippen LogP contribution in [0.1, 0.15) is 32.6 Å². The van der Waals surface area contributed by atoms with Crippen molar-refractivity contribution in [3.05, 3.63) is 28.8 Å². The highest BCUT2D eigenvalue weighted by Crippen LogP contribution is 2.42. The number of rotatable bonds is 0. The standard InChI is InChI=1S/C11H14ClNO2S/c1-11(2,3)13-10(14)7-5-4-6-8(12)9(7)16(13)15/h4-6,10,14H,1-3H3/t10-,16-/m1/s1. The second-order valence-corrected chi connectivity index (χ2v) is 6.48. The molecule has 0 fully saturated rings. The summed E-state index contributed by atoms with van der Waals surface area (Å²) < 4.78 is 13.8. The SMILES string of the molecule is CC(C)(C)N1[C@H](O)c2cccc(Cl)c2[S@]1=O. The molecule has 1 N–H and O–H groups in total. The van der Waals surface area contributed by atoms with Crippen LogP contribution in [0.25, 0.3) is 0 Å². The number of fused-ring (bicyclic) bond motifs is 1. The zero-order chi connectivity index (χ0) is 12.1. The molecule has 1 aromatic rings. The van der Waals surface area contributed by atoms with E-state index in [4.69, 9.17) is 11.6 Å². The molecule has 0 unspecified atom stereocenters. The first kappa shape index (κ1) is 12.0. The van der Waals surface area contributed by atoms with Crippen molar-refractivity contribution >= 4 is 22.6 Å². The van der Waals surface area contributed by atoms with Crippen LogP contribution in [0.2, 0.25) is 5.02 Å². The fourth-order valence-electron chi connectivity index (χ4n) is 1.84. The lowest BCUT2D eigenvalue weighted by Gasteiger charge is -2.32. The molecule has 0 radical (unpaired) electrons. The Balaban J connectivity index is 2.57. The number of benzene rings is 1. The van der Waals surface area contributed by atoms with Gasteiger partial charge in [0.15, 0.2) is 0 Å². The molecule has 0 saturated heterocycles. The van der Waals surface area contributed by atoms with Crippen LogP contribution in [0.3, 0.4) is 0 Å². The van der Waals surface area contributed by atoms with Gasteiger partial charge in [0.2, 0.25) is 0 Å². The predicted octanol–water partition coefficient (Wildman–Crippen LogP) is 2.47. The number of halogens is 1. The summed E-state index contributed by atoms with van der Waals surface area (Å²) in [6, 6.07) is 5.21. The van der Waals surface area contributed by atoms with Crippen molar-refractivity contribution in [2.24, 2.45) is 0 Å². The Bertz CT molecular complexity index is 456. The lowest BCUT2D eigenvalue weighted by Crippen LogP contribution is -2.41. The highest BCUT2D eigenvalue weighted by Gasteiger charge is 2.42. The quantitative estimate of drug-likeness (QED) is 0.778. The molecule has 1 aliphatic heterocycles. The van der Waals surface area contributed by atoms with Gasteiger partial charge in [-0.05, 0) is 26.8 Å². The molecule has 0 saturated carbocycles. The van der Waals surface area contributed by atoms with Gasteiger partial charge in [-0.2, -0.15) is 4.31 Å². The van der Waals surface area contributed by atoms with E-state index < -0.39 is 17.2 Å². The van der Waals surface area contributed by atoms with Crippen LogP contribution < -0.4 is 0 Å². The van der Waals surface area contributed by atoms with Crippen molar-refractivity contribution in [2.75, 3.05) is 0 Å². The van der Waals surface area contributed by atoms with Crippen LogP contribution in [-0.2, 0) is 11.0 Å². The van der Waals surface area contributed by atoms with Crippen LogP contribution in [0.15, 0.2) is 23.1 Å². The first-order valence-electron chi connectivity index (χ1n) is 5.02. The van der Waals surface area contributed by atoms with Crippen molar-refractivity contribution in [1.82, 2.24) is 4.31 Å². The number of hydrogen-bond acceptors (Lipinski definition) is 2. The van der Waals surface area contributed by atoms with E-state index in [1.807, 2.05) is 20.8 Å². The van der Waals surface area contributed by atoms with Crippen LogP contribution >= 0.6 is 11.6 Å². The van der Waals surface area contributed by atoms with Gasteiger partial charge in [0.1, 0.15) is 17.2 Å². The van der Waals surface area contributed by atoms with Crippen molar-refractivity contribution in [1.29, 1.82) is 0 Å². The van der Waals surface area contributed by atoms with Crippen molar-refractivity contribution in [3.63, 3.8) is 0 Å². The van der Waals surface area contributed by atoms with Gasteiger partial charge in [-0.3, -0.25) is 0 Å². The van der Waals surface area contributed by atoms with Crippen LogP contribution in [-0.4, -0.2) is 19.2 Å². The molecule has 16 heavy (non-hydrogen) atoms. The molecule has 2 atom stereocenters. The fraction of sp³-hybridized carbons (Fsp3) is 0.455. The Labute approximate surface area is 103 Å². The minimum Gasteiger partial charge on any atom is -0.373 e. The Morgan fingerprint density at radius 2 is 2.06 bits per heavy atom. The summed E-state index contributed by atoms with van der Waals surface area (Å²) in [6.07, 6.45) is -0.852. The van der Waals surface area contributed by atoms with Gasteiger partial charge in [-0.25, -0.2) is 4.21 Å². The Kier molecular flexibility index (Phi) is 2.87. The summed E-state index contributed by atoms with van der Waals surface area (Å²) in [5.74, 6) is 0. The topological polar surface area (TPSA) is 40.5 Å². The third-order valence-electron chi connectivity index (χ3n) is 2.51. The highest BCUT2D eigenvalue weighted by molar-refractivity contribution is 7.83. The van der Waals surface area contributed by atoms with Gasteiger partial charge in [0, 0.05) is 11.1 Å². The summed E-state index contributed by atoms with van der Waals surface area (Å²) in [5, 5.41) is 10.6. The molecule has 5 heteroatoms. The molecule has 0 aromatic heterocycles. The molecule has 1 heterocycles. The van der Waals surface area contributed by atoms with Crippen molar-refractivity contribution in [3.8, 4) is 0 Å². The number of nitrogens with zero attached hydrogens (tertiary/aromatic N) is 1. The van der Waals surface area contributed by atoms with Gasteiger partial charge in [0.25, 0.3) is 0 Å². The third-order valence-corrected chi connectivity index (χ3v) is 4.85. The van der Waals surface area contributed by atoms with E-state index in [9.17, 15) is 9.32 Å². The number of aliphatic hydroxyl groups excluding tert-OH is 1. The maximum atomic E-state index is 12.3. The summed E-state index contributed by atoms with van der Waals surface area (Å²) in [7, 11) is -1.40. The average molecular weight is 260 g/mol. The molecular formula is C11H14ClNO2S. The van der Waals surface area contributed by atoms with Gasteiger partial charge in [-0.1, -0.05) is 23.7 Å². The molecule has 1 aromatic carbocycles. The van der Waals surface area contributed by atoms with Crippen LogP contribution in [0, 0.1) is 0 Å². The lowest BCUT2D eigenvalue weighted by atomic mass is 10.1. The molecule has 0 bridgehead atoms. The third kappa shape index (κ3) is 1.70. The van der Waals surface area contributed by atoms with Crippen molar-refractivity contribution < 1.29 is 9.32 Å². The van der Waals surface area contributed by atoms with E-state index in [1.54, 1.807) is 22.5 Å². The molecule has 1 aliphatic rings. The zero-order valence-electron chi connectivity index (χ0n) is 9.40. The minimum absolute atomic E-state index is 0.382. The number of hydrogen-bond donors (Lipinski definition) is 1. The van der Waals surface area contributed by atoms with E-state index in [0.717, 1.165) is 0 Å². The molecule has 2 rings (SSSR count). The second kappa shape index (κ2) is 3.81. The molecule has 3 nitrogen and oxygen atoms in total. The lowest BCUT2D eigenvalue weighted by molar-refractivity contribution is 0.0241. The zero-order valence-corrected chi connectivity index (χ0v) is 11.0. The molecular weight excluding hydrogens is 246 g/mol. The van der Waals surface area contributed by atoms with Gasteiger partial charge < -0.3 is 5.11 Å². The fourth-order valence-corrected chi connectivity index (χ4v) is 3.82. The molecule has 0 aliphatic carbocycles. The first-order valence-corrected chi connectivity index (χ1v) is 6.50. The molecule has 88 valence electrons. The van der Waals surface area contributed by atoms with Crippen molar-refractivity contribution in [2.45, 2.75) is 37.4 Å². The number of aliphatic hydroxyl groups is 1. The Morgan fingerprint density at radius 1 is 1.44 bits per heavy atom. The Hall–Kier alpha value is -0.420. The summed E-state index contributed by atoms with van der Waals surface area (Å²) in [6.45, 7) is 5.73. The van der Waals surface area contributed by atoms with Gasteiger partial charge in [0.05, 0.1) is 9.92 Å². The van der Waals surface area contributed by atoms with Crippen LogP contribution in [0.5, 0.6) is 0 Å². The Morgan fingerprint density at radius 3 is 2.56 bits per heavy atom. The van der Waals surface area contributed by atoms with E-state index >= 15 is 0 Å². The monoisotopic (exact) mass is 259 g/mol. The maximum absolute atomic E-state index is 12.3. The summed E-state index contributed by atoms with van der Waals surface area (Å²) in [5.41, 5.74) is 0.257. The predicted molar refractivity (Wildman–Crippen MR) is 64.4 cm³/mol. The minimum atomic E-state index is -1.40. The summed E-state index contributed by atoms with van der Waals surface area (Å²) >= 11 is 6.01. The maximum Gasteiger partial charge on any atom is 0.146 e. The van der Waals surface area contributed by atoms with E-state index in [0.29, 0.717) is 15.5 Å². The second-order valence-electron chi connectivity index (χ2n) is 4.78. The summed E-state index contributed by atoms with van der Waals surface area (Å²) in [4.78, 5) is 0.534. The van der Waals surface area contributed by atoms with E-state index in [1.165, 1.54) is 0 Å². The first-order chi connectivity index (χ1) is 7.34. The van der Waals surface area contributed by atoms with Gasteiger partial charge >= 0.3 is 0 Å². The van der Waals surface area contributed by atoms with Crippen LogP contribution in [0.4, 0.5) is 0 Å². The molecule has 0 amide bonds. The smallest absolute Gasteiger partial charge is 0.146 e. The molecule has 0 spiro atoms. The van der Waals surface area contributed by atoms with Gasteiger partial charge in [-0.15, -0.1) is 0 Å². The highest BCUT2D eigenvalue weighted by atomic mass is 35.5. The largest absolute Gasteiger partial charge is 0.373 e. The van der Waals surface area contributed by atoms with E-state index in [2.05, 4.69) is 0 Å². The average Bonchev–Trinajstić information content (AvgIpc) is 2.39.